The second-order valence-corrected chi connectivity index (χ2v) is 7.65. The van der Waals surface area contributed by atoms with Crippen LogP contribution in [0.25, 0.3) is 11.0 Å². The summed E-state index contributed by atoms with van der Waals surface area (Å²) in [5, 5.41) is 7.63. The monoisotopic (exact) mass is 414 g/mol. The number of nitrogens with zero attached hydrogens (tertiary/aromatic N) is 2. The minimum atomic E-state index is -3.83. The normalized spacial score (nSPS) is 12.3. The number of hydrogen-bond acceptors (Lipinski definition) is 7. The van der Waals surface area contributed by atoms with Gasteiger partial charge in [0, 0.05) is 18.1 Å². The van der Waals surface area contributed by atoms with E-state index in [1.807, 2.05) is 0 Å². The van der Waals surface area contributed by atoms with E-state index in [0.717, 1.165) is 0 Å². The van der Waals surface area contributed by atoms with Crippen molar-refractivity contribution in [2.75, 3.05) is 5.32 Å². The summed E-state index contributed by atoms with van der Waals surface area (Å²) in [4.78, 5) is 33.3. The molecule has 0 aliphatic rings. The molecule has 2 aromatic carbocycles. The van der Waals surface area contributed by atoms with E-state index in [1.165, 1.54) is 36.7 Å². The molecule has 29 heavy (non-hydrogen) atoms. The van der Waals surface area contributed by atoms with Gasteiger partial charge in [-0.3, -0.25) is 14.8 Å². The molecular formula is C19H18N4O5S. The Balaban J connectivity index is 1.73. The molecule has 0 aliphatic heterocycles. The highest BCUT2D eigenvalue weighted by molar-refractivity contribution is 7.89. The molecule has 0 bridgehead atoms. The van der Waals surface area contributed by atoms with Gasteiger partial charge in [-0.25, -0.2) is 18.4 Å². The first-order valence-electron chi connectivity index (χ1n) is 8.64. The molecule has 1 amide bonds. The zero-order valence-electron chi connectivity index (χ0n) is 15.4. The molecule has 9 nitrogen and oxygen atoms in total. The fourth-order valence-corrected chi connectivity index (χ4v) is 3.14. The van der Waals surface area contributed by atoms with Crippen LogP contribution >= 0.6 is 0 Å². The molecule has 10 heteroatoms. The van der Waals surface area contributed by atoms with Crippen molar-refractivity contribution in [1.29, 1.82) is 0 Å². The van der Waals surface area contributed by atoms with Crippen molar-refractivity contribution >= 4 is 38.6 Å². The van der Waals surface area contributed by atoms with E-state index in [0.29, 0.717) is 16.7 Å². The minimum Gasteiger partial charge on any atom is -0.449 e. The van der Waals surface area contributed by atoms with Gasteiger partial charge < -0.3 is 10.1 Å². The highest BCUT2D eigenvalue weighted by Crippen LogP contribution is 2.18. The largest absolute Gasteiger partial charge is 0.449 e. The van der Waals surface area contributed by atoms with E-state index in [9.17, 15) is 18.0 Å². The van der Waals surface area contributed by atoms with Crippen LogP contribution in [-0.4, -0.2) is 36.4 Å². The number of anilines is 1. The number of carbonyl (C=O) groups excluding carboxylic acids is 2. The average Bonchev–Trinajstić information content (AvgIpc) is 2.71. The Hall–Kier alpha value is -3.37. The van der Waals surface area contributed by atoms with Crippen LogP contribution in [0.5, 0.6) is 0 Å². The third-order valence-electron chi connectivity index (χ3n) is 4.08. The summed E-state index contributed by atoms with van der Waals surface area (Å²) in [6.45, 7) is 1.70. The van der Waals surface area contributed by atoms with Crippen LogP contribution in [-0.2, 0) is 19.6 Å². The number of sulfonamides is 1. The lowest BCUT2D eigenvalue weighted by molar-refractivity contribution is -0.124. The Bertz CT molecular complexity index is 1160. The summed E-state index contributed by atoms with van der Waals surface area (Å²) in [6, 6.07) is 10.3. The molecule has 3 N–H and O–H groups in total. The van der Waals surface area contributed by atoms with Gasteiger partial charge in [-0.05, 0) is 42.8 Å². The van der Waals surface area contributed by atoms with Crippen molar-refractivity contribution in [3.05, 3.63) is 60.4 Å². The van der Waals surface area contributed by atoms with Crippen LogP contribution in [0, 0.1) is 0 Å². The molecular weight excluding hydrogens is 396 g/mol. The highest BCUT2D eigenvalue weighted by Gasteiger charge is 2.23. The Morgan fingerprint density at radius 2 is 1.79 bits per heavy atom. The molecule has 1 heterocycles. The van der Waals surface area contributed by atoms with Gasteiger partial charge in [0.2, 0.25) is 10.0 Å². The molecule has 150 valence electrons. The molecule has 0 spiro atoms. The van der Waals surface area contributed by atoms with Gasteiger partial charge in [-0.15, -0.1) is 0 Å². The first-order chi connectivity index (χ1) is 13.8. The lowest BCUT2D eigenvalue weighted by atomic mass is 10.1. The van der Waals surface area contributed by atoms with Crippen molar-refractivity contribution in [2.24, 2.45) is 5.14 Å². The van der Waals surface area contributed by atoms with Crippen LogP contribution in [0.3, 0.4) is 0 Å². The number of fused-ring (bicyclic) bond motifs is 1. The van der Waals surface area contributed by atoms with E-state index in [1.54, 1.807) is 25.1 Å². The summed E-state index contributed by atoms with van der Waals surface area (Å²) in [5.41, 5.74) is 1.47. The number of primary sulfonamides is 1. The first kappa shape index (κ1) is 20.4. The van der Waals surface area contributed by atoms with E-state index in [-0.39, 0.29) is 16.9 Å². The maximum absolute atomic E-state index is 12.6. The van der Waals surface area contributed by atoms with Crippen LogP contribution < -0.4 is 10.5 Å². The first-order valence-corrected chi connectivity index (χ1v) is 10.2. The number of esters is 1. The van der Waals surface area contributed by atoms with Crippen LogP contribution in [0.4, 0.5) is 5.69 Å². The zero-order valence-corrected chi connectivity index (χ0v) is 16.2. The third kappa shape index (κ3) is 4.73. The zero-order chi connectivity index (χ0) is 21.0. The number of rotatable bonds is 6. The quantitative estimate of drug-likeness (QED) is 0.586. The minimum absolute atomic E-state index is 0.0777. The Labute approximate surface area is 167 Å². The van der Waals surface area contributed by atoms with Gasteiger partial charge >= 0.3 is 5.97 Å². The third-order valence-corrected chi connectivity index (χ3v) is 5.01. The number of nitrogens with one attached hydrogen (secondary N) is 1. The summed E-state index contributed by atoms with van der Waals surface area (Å²) in [5.74, 6) is -1.24. The topological polar surface area (TPSA) is 141 Å². The Kier molecular flexibility index (Phi) is 5.85. The molecule has 0 radical (unpaired) electrons. The van der Waals surface area contributed by atoms with Crippen LogP contribution in [0.2, 0.25) is 0 Å². The standard InChI is InChI=1S/C19H18N4O5S/c1-2-16(18(24)23-12-6-8-13(9-7-12)29(20,26)27)28-19(25)14-4-3-5-15-17(14)22-11-10-21-15/h3-11,16H,2H2,1H3,(H,23,24)(H2,20,26,27). The second kappa shape index (κ2) is 8.33. The van der Waals surface area contributed by atoms with Crippen molar-refractivity contribution in [3.8, 4) is 0 Å². The number of aromatic nitrogens is 2. The Morgan fingerprint density at radius 1 is 1.10 bits per heavy atom. The van der Waals surface area contributed by atoms with Gasteiger partial charge in [0.05, 0.1) is 16.0 Å². The predicted octanol–water partition coefficient (Wildman–Crippen LogP) is 1.85. The summed E-state index contributed by atoms with van der Waals surface area (Å²) in [7, 11) is -3.83. The van der Waals surface area contributed by atoms with Gasteiger partial charge in [-0.1, -0.05) is 13.0 Å². The number of para-hydroxylation sites is 1. The van der Waals surface area contributed by atoms with Crippen molar-refractivity contribution in [1.82, 2.24) is 9.97 Å². The molecule has 0 saturated carbocycles. The smallest absolute Gasteiger partial charge is 0.341 e. The van der Waals surface area contributed by atoms with Crippen LogP contribution in [0.15, 0.2) is 59.8 Å². The molecule has 1 unspecified atom stereocenters. The second-order valence-electron chi connectivity index (χ2n) is 6.09. The van der Waals surface area contributed by atoms with Gasteiger partial charge in [0.1, 0.15) is 5.52 Å². The lowest BCUT2D eigenvalue weighted by Crippen LogP contribution is -2.32. The van der Waals surface area contributed by atoms with Crippen LogP contribution in [0.1, 0.15) is 23.7 Å². The molecule has 1 aromatic heterocycles. The highest BCUT2D eigenvalue weighted by atomic mass is 32.2. The molecule has 0 aliphatic carbocycles. The van der Waals surface area contributed by atoms with Crippen molar-refractivity contribution in [3.63, 3.8) is 0 Å². The number of nitrogens with two attached hydrogens (primary N) is 1. The van der Waals surface area contributed by atoms with Gasteiger partial charge in [-0.2, -0.15) is 0 Å². The van der Waals surface area contributed by atoms with E-state index in [2.05, 4.69) is 15.3 Å². The fraction of sp³-hybridized carbons (Fsp3) is 0.158. The van der Waals surface area contributed by atoms with Gasteiger partial charge in [0.15, 0.2) is 6.10 Å². The fourth-order valence-electron chi connectivity index (χ4n) is 2.62. The SMILES string of the molecule is CCC(OC(=O)c1cccc2nccnc12)C(=O)Nc1ccc(S(N)(=O)=O)cc1. The maximum Gasteiger partial charge on any atom is 0.341 e. The van der Waals surface area contributed by atoms with Crippen molar-refractivity contribution < 1.29 is 22.7 Å². The predicted molar refractivity (Wildman–Crippen MR) is 105 cm³/mol. The molecule has 0 fully saturated rings. The molecule has 3 aromatic rings. The molecule has 0 saturated heterocycles. The summed E-state index contributed by atoms with van der Waals surface area (Å²) < 4.78 is 28.0. The van der Waals surface area contributed by atoms with Gasteiger partial charge in [0.25, 0.3) is 5.91 Å². The lowest BCUT2D eigenvalue weighted by Gasteiger charge is -2.16. The van der Waals surface area contributed by atoms with E-state index < -0.39 is 28.0 Å². The number of ether oxygens (including phenoxy) is 1. The summed E-state index contributed by atoms with van der Waals surface area (Å²) >= 11 is 0. The molecule has 3 rings (SSSR count). The van der Waals surface area contributed by atoms with E-state index >= 15 is 0 Å². The summed E-state index contributed by atoms with van der Waals surface area (Å²) in [6.07, 6.45) is 2.17. The number of benzene rings is 2. The Morgan fingerprint density at radius 3 is 2.45 bits per heavy atom. The number of carbonyl (C=O) groups is 2. The van der Waals surface area contributed by atoms with E-state index in [4.69, 9.17) is 9.88 Å². The number of hydrogen-bond donors (Lipinski definition) is 2. The maximum atomic E-state index is 12.6. The van der Waals surface area contributed by atoms with Crippen molar-refractivity contribution in [2.45, 2.75) is 24.3 Å². The average molecular weight is 414 g/mol. The number of amides is 1. The molecule has 1 atom stereocenters.